The molecule has 0 spiro atoms. The van der Waals surface area contributed by atoms with Gasteiger partial charge in [-0.25, -0.2) is 0 Å². The van der Waals surface area contributed by atoms with Gasteiger partial charge in [-0.3, -0.25) is 9.59 Å². The van der Waals surface area contributed by atoms with E-state index in [0.717, 1.165) is 5.69 Å². The van der Waals surface area contributed by atoms with Crippen LogP contribution >= 0.6 is 0 Å². The van der Waals surface area contributed by atoms with Crippen molar-refractivity contribution in [3.05, 3.63) is 17.5 Å². The zero-order valence-corrected chi connectivity index (χ0v) is 10.4. The lowest BCUT2D eigenvalue weighted by Gasteiger charge is -2.12. The summed E-state index contributed by atoms with van der Waals surface area (Å²) in [5.74, 6) is -1.23. The van der Waals surface area contributed by atoms with Crippen LogP contribution in [-0.2, 0) is 4.79 Å². The number of carboxylic acids is 1. The van der Waals surface area contributed by atoms with Gasteiger partial charge in [-0.1, -0.05) is 19.0 Å². The molecule has 0 saturated carbocycles. The third kappa shape index (κ3) is 2.37. The maximum Gasteiger partial charge on any atom is 0.308 e. The van der Waals surface area contributed by atoms with Crippen LogP contribution in [0.4, 0.5) is 0 Å². The van der Waals surface area contributed by atoms with Crippen molar-refractivity contribution in [2.24, 2.45) is 5.92 Å². The maximum absolute atomic E-state index is 12.1. The molecule has 0 radical (unpaired) electrons. The van der Waals surface area contributed by atoms with Crippen molar-refractivity contribution in [1.82, 2.24) is 10.1 Å². The van der Waals surface area contributed by atoms with E-state index in [0.29, 0.717) is 13.0 Å². The maximum atomic E-state index is 12.1. The number of likely N-dealkylation sites (tertiary alicyclic amines) is 1. The number of amides is 1. The molecule has 1 aromatic heterocycles. The summed E-state index contributed by atoms with van der Waals surface area (Å²) in [4.78, 5) is 24.4. The second-order valence-corrected chi connectivity index (χ2v) is 4.85. The molecule has 1 aliphatic heterocycles. The summed E-state index contributed by atoms with van der Waals surface area (Å²) < 4.78 is 5.01. The Morgan fingerprint density at radius 2 is 2.28 bits per heavy atom. The Hall–Kier alpha value is -1.85. The zero-order chi connectivity index (χ0) is 13.3. The van der Waals surface area contributed by atoms with Gasteiger partial charge in [0.25, 0.3) is 5.91 Å². The normalized spacial score (nSPS) is 19.5. The first-order valence-electron chi connectivity index (χ1n) is 5.97. The fraction of sp³-hybridized carbons (Fsp3) is 0.583. The Morgan fingerprint density at radius 1 is 1.56 bits per heavy atom. The van der Waals surface area contributed by atoms with E-state index in [-0.39, 0.29) is 24.1 Å². The van der Waals surface area contributed by atoms with Crippen LogP contribution in [-0.4, -0.2) is 40.1 Å². The lowest BCUT2D eigenvalue weighted by Crippen LogP contribution is -2.29. The highest BCUT2D eigenvalue weighted by Gasteiger charge is 2.32. The average molecular weight is 252 g/mol. The average Bonchev–Trinajstić information content (AvgIpc) is 2.97. The smallest absolute Gasteiger partial charge is 0.308 e. The molecule has 1 amide bonds. The first kappa shape index (κ1) is 12.6. The molecule has 0 aromatic carbocycles. The number of carbonyl (C=O) groups excluding carboxylic acids is 1. The molecule has 1 aliphatic rings. The van der Waals surface area contributed by atoms with Crippen molar-refractivity contribution < 1.29 is 19.2 Å². The molecule has 18 heavy (non-hydrogen) atoms. The van der Waals surface area contributed by atoms with Crippen LogP contribution in [0.15, 0.2) is 10.6 Å². The predicted octanol–water partition coefficient (Wildman–Crippen LogP) is 1.34. The van der Waals surface area contributed by atoms with Crippen LogP contribution in [0.2, 0.25) is 0 Å². The summed E-state index contributed by atoms with van der Waals surface area (Å²) >= 11 is 0. The number of hydrogen-bond acceptors (Lipinski definition) is 4. The number of hydrogen-bond donors (Lipinski definition) is 1. The molecular weight excluding hydrogens is 236 g/mol. The van der Waals surface area contributed by atoms with Crippen LogP contribution in [0.1, 0.15) is 42.4 Å². The number of carbonyl (C=O) groups is 2. The van der Waals surface area contributed by atoms with Gasteiger partial charge >= 0.3 is 5.97 Å². The highest BCUT2D eigenvalue weighted by atomic mass is 16.5. The summed E-state index contributed by atoms with van der Waals surface area (Å²) in [5.41, 5.74) is 0.729. The molecule has 1 N–H and O–H groups in total. The van der Waals surface area contributed by atoms with Crippen molar-refractivity contribution in [2.45, 2.75) is 26.2 Å². The topological polar surface area (TPSA) is 83.6 Å². The number of nitrogens with zero attached hydrogens (tertiary/aromatic N) is 2. The van der Waals surface area contributed by atoms with E-state index in [2.05, 4.69) is 5.16 Å². The van der Waals surface area contributed by atoms with Crippen LogP contribution in [0.5, 0.6) is 0 Å². The van der Waals surface area contributed by atoms with Crippen molar-refractivity contribution in [2.75, 3.05) is 13.1 Å². The molecule has 6 heteroatoms. The first-order chi connectivity index (χ1) is 8.49. The molecule has 2 heterocycles. The number of carboxylic acid groups (broad SMARTS) is 1. The van der Waals surface area contributed by atoms with Crippen molar-refractivity contribution in [3.63, 3.8) is 0 Å². The van der Waals surface area contributed by atoms with Gasteiger partial charge < -0.3 is 14.5 Å². The Labute approximate surface area is 105 Å². The Balaban J connectivity index is 2.05. The lowest BCUT2D eigenvalue weighted by molar-refractivity contribution is -0.141. The predicted molar refractivity (Wildman–Crippen MR) is 62.2 cm³/mol. The van der Waals surface area contributed by atoms with Crippen LogP contribution in [0, 0.1) is 5.92 Å². The largest absolute Gasteiger partial charge is 0.481 e. The van der Waals surface area contributed by atoms with Gasteiger partial charge in [-0.05, 0) is 12.3 Å². The standard InChI is InChI=1S/C12H16N2O4/c1-7(2)9-5-10(18-13-9)11(15)14-4-3-8(6-14)12(16)17/h5,7-8H,3-4,6H2,1-2H3,(H,16,17). The van der Waals surface area contributed by atoms with E-state index in [1.54, 1.807) is 6.07 Å². The molecule has 6 nitrogen and oxygen atoms in total. The summed E-state index contributed by atoms with van der Waals surface area (Å²) in [6, 6.07) is 1.63. The summed E-state index contributed by atoms with van der Waals surface area (Å²) in [5, 5.41) is 12.7. The molecule has 1 atom stereocenters. The Bertz CT molecular complexity index is 466. The monoisotopic (exact) mass is 252 g/mol. The Kier molecular flexibility index (Phi) is 3.36. The second-order valence-electron chi connectivity index (χ2n) is 4.85. The molecule has 98 valence electrons. The van der Waals surface area contributed by atoms with Gasteiger partial charge in [0.2, 0.25) is 5.76 Å². The summed E-state index contributed by atoms with van der Waals surface area (Å²) in [6.45, 7) is 4.62. The molecule has 0 bridgehead atoms. The molecule has 1 fully saturated rings. The van der Waals surface area contributed by atoms with Crippen LogP contribution in [0.3, 0.4) is 0 Å². The minimum absolute atomic E-state index is 0.185. The van der Waals surface area contributed by atoms with Crippen LogP contribution in [0.25, 0.3) is 0 Å². The van der Waals surface area contributed by atoms with Crippen molar-refractivity contribution in [3.8, 4) is 0 Å². The van der Waals surface area contributed by atoms with Gasteiger partial charge in [0.05, 0.1) is 11.6 Å². The van der Waals surface area contributed by atoms with Gasteiger partial charge in [0.15, 0.2) is 0 Å². The van der Waals surface area contributed by atoms with E-state index in [4.69, 9.17) is 9.63 Å². The number of aliphatic carboxylic acids is 1. The van der Waals surface area contributed by atoms with Crippen molar-refractivity contribution in [1.29, 1.82) is 0 Å². The third-order valence-corrected chi connectivity index (χ3v) is 3.16. The molecule has 0 aliphatic carbocycles. The third-order valence-electron chi connectivity index (χ3n) is 3.16. The van der Waals surface area contributed by atoms with E-state index in [1.165, 1.54) is 4.90 Å². The molecule has 2 rings (SSSR count). The fourth-order valence-corrected chi connectivity index (χ4v) is 1.96. The number of aromatic nitrogens is 1. The lowest BCUT2D eigenvalue weighted by atomic mass is 10.1. The molecular formula is C12H16N2O4. The van der Waals surface area contributed by atoms with E-state index >= 15 is 0 Å². The molecule has 1 unspecified atom stereocenters. The quantitative estimate of drug-likeness (QED) is 0.877. The minimum Gasteiger partial charge on any atom is -0.481 e. The fourth-order valence-electron chi connectivity index (χ4n) is 1.96. The van der Waals surface area contributed by atoms with E-state index < -0.39 is 11.9 Å². The van der Waals surface area contributed by atoms with Gasteiger partial charge in [-0.15, -0.1) is 0 Å². The highest BCUT2D eigenvalue weighted by Crippen LogP contribution is 2.20. The van der Waals surface area contributed by atoms with Gasteiger partial charge in [0, 0.05) is 19.2 Å². The summed E-state index contributed by atoms with van der Waals surface area (Å²) in [7, 11) is 0. The Morgan fingerprint density at radius 3 is 2.78 bits per heavy atom. The van der Waals surface area contributed by atoms with Crippen LogP contribution < -0.4 is 0 Å². The zero-order valence-electron chi connectivity index (χ0n) is 10.4. The summed E-state index contributed by atoms with van der Waals surface area (Å²) in [6.07, 6.45) is 0.492. The SMILES string of the molecule is CC(C)c1cc(C(=O)N2CCC(C(=O)O)C2)on1. The molecule has 1 saturated heterocycles. The minimum atomic E-state index is -0.856. The van der Waals surface area contributed by atoms with E-state index in [9.17, 15) is 9.59 Å². The van der Waals surface area contributed by atoms with Gasteiger partial charge in [0.1, 0.15) is 0 Å². The number of rotatable bonds is 3. The highest BCUT2D eigenvalue weighted by molar-refractivity contribution is 5.92. The first-order valence-corrected chi connectivity index (χ1v) is 5.97. The second kappa shape index (κ2) is 4.80. The van der Waals surface area contributed by atoms with E-state index in [1.807, 2.05) is 13.8 Å². The van der Waals surface area contributed by atoms with Crippen molar-refractivity contribution >= 4 is 11.9 Å². The van der Waals surface area contributed by atoms with Gasteiger partial charge in [-0.2, -0.15) is 0 Å². The molecule has 1 aromatic rings.